The predicted octanol–water partition coefficient (Wildman–Crippen LogP) is 0.333. The van der Waals surface area contributed by atoms with Crippen LogP contribution >= 0.6 is 11.6 Å². The van der Waals surface area contributed by atoms with Gasteiger partial charge in [-0.15, -0.1) is 0 Å². The smallest absolute Gasteiger partial charge is 0.279 e. The molecule has 0 spiro atoms. The molecule has 6 heteroatoms. The zero-order chi connectivity index (χ0) is 13.0. The molecule has 1 saturated heterocycles. The fourth-order valence-corrected chi connectivity index (χ4v) is 2.02. The van der Waals surface area contributed by atoms with Crippen LogP contribution in [0.15, 0.2) is 18.2 Å². The van der Waals surface area contributed by atoms with Gasteiger partial charge >= 0.3 is 0 Å². The minimum Gasteiger partial charge on any atom is -0.370 e. The van der Waals surface area contributed by atoms with Crippen molar-refractivity contribution in [2.75, 3.05) is 38.2 Å². The van der Waals surface area contributed by atoms with Crippen LogP contribution in [0.25, 0.3) is 0 Å². The molecule has 0 aromatic heterocycles. The van der Waals surface area contributed by atoms with Crippen molar-refractivity contribution in [2.24, 2.45) is 0 Å². The minimum atomic E-state index is -0.482. The van der Waals surface area contributed by atoms with Gasteiger partial charge in [0.15, 0.2) is 6.54 Å². The number of carbonyl (C=O) groups is 1. The third kappa shape index (κ3) is 3.66. The normalized spacial score (nSPS) is 16.6. The Balaban J connectivity index is 1.92. The summed E-state index contributed by atoms with van der Waals surface area (Å²) in [7, 11) is 0. The second kappa shape index (κ2) is 6.13. The zero-order valence-corrected chi connectivity index (χ0v) is 10.6. The van der Waals surface area contributed by atoms with Crippen molar-refractivity contribution in [1.29, 1.82) is 0 Å². The van der Waals surface area contributed by atoms with E-state index in [0.29, 0.717) is 24.8 Å². The maximum absolute atomic E-state index is 13.4. The standard InChI is InChI=1S/C12H14ClFN2O2/c13-9-1-2-10(14)11(7-9)15-12(17)8-16-3-5-18-6-4-16/h1-2,7H,3-6,8H2,(H,15,17)/p+1. The van der Waals surface area contributed by atoms with Gasteiger partial charge in [0.25, 0.3) is 5.91 Å². The van der Waals surface area contributed by atoms with E-state index in [4.69, 9.17) is 16.3 Å². The van der Waals surface area contributed by atoms with Gasteiger partial charge in [-0.2, -0.15) is 0 Å². The van der Waals surface area contributed by atoms with Crippen molar-refractivity contribution in [1.82, 2.24) is 0 Å². The molecule has 0 aliphatic carbocycles. The van der Waals surface area contributed by atoms with Crippen molar-refractivity contribution in [3.05, 3.63) is 29.0 Å². The number of nitrogens with one attached hydrogen (secondary N) is 2. The average Bonchev–Trinajstić information content (AvgIpc) is 2.35. The first-order valence-corrected chi connectivity index (χ1v) is 6.19. The van der Waals surface area contributed by atoms with Crippen molar-refractivity contribution in [3.8, 4) is 0 Å². The van der Waals surface area contributed by atoms with Crippen LogP contribution in [0, 0.1) is 5.82 Å². The van der Waals surface area contributed by atoms with Crippen molar-refractivity contribution in [3.63, 3.8) is 0 Å². The number of ether oxygens (including phenoxy) is 1. The van der Waals surface area contributed by atoms with E-state index in [1.54, 1.807) is 0 Å². The number of hydrogen-bond donors (Lipinski definition) is 2. The highest BCUT2D eigenvalue weighted by molar-refractivity contribution is 6.30. The average molecular weight is 274 g/mol. The molecule has 1 fully saturated rings. The number of amides is 1. The molecule has 1 aliphatic rings. The number of benzene rings is 1. The fourth-order valence-electron chi connectivity index (χ4n) is 1.85. The Morgan fingerprint density at radius 2 is 2.17 bits per heavy atom. The highest BCUT2D eigenvalue weighted by atomic mass is 35.5. The van der Waals surface area contributed by atoms with Crippen LogP contribution in [0.2, 0.25) is 5.02 Å². The topological polar surface area (TPSA) is 42.8 Å². The van der Waals surface area contributed by atoms with E-state index >= 15 is 0 Å². The molecule has 1 heterocycles. The van der Waals surface area contributed by atoms with Gasteiger partial charge in [-0.3, -0.25) is 4.79 Å². The molecule has 0 bridgehead atoms. The van der Waals surface area contributed by atoms with Crippen LogP contribution in [0.4, 0.5) is 10.1 Å². The Morgan fingerprint density at radius 3 is 2.89 bits per heavy atom. The molecule has 1 amide bonds. The first-order chi connectivity index (χ1) is 8.65. The molecule has 0 saturated carbocycles. The third-order valence-electron chi connectivity index (χ3n) is 2.81. The fraction of sp³-hybridized carbons (Fsp3) is 0.417. The summed E-state index contributed by atoms with van der Waals surface area (Å²) in [6.07, 6.45) is 0. The van der Waals surface area contributed by atoms with E-state index in [-0.39, 0.29) is 11.6 Å². The summed E-state index contributed by atoms with van der Waals surface area (Å²) in [5, 5.41) is 2.93. The Labute approximate surface area is 110 Å². The van der Waals surface area contributed by atoms with Crippen LogP contribution in [0.1, 0.15) is 0 Å². The molecule has 2 rings (SSSR count). The van der Waals surface area contributed by atoms with Gasteiger partial charge in [0, 0.05) is 5.02 Å². The zero-order valence-electron chi connectivity index (χ0n) is 9.84. The van der Waals surface area contributed by atoms with Crippen LogP contribution < -0.4 is 10.2 Å². The summed E-state index contributed by atoms with van der Waals surface area (Å²) in [6, 6.07) is 4.09. The summed E-state index contributed by atoms with van der Waals surface area (Å²) >= 11 is 5.75. The summed E-state index contributed by atoms with van der Waals surface area (Å²) in [5.74, 6) is -0.696. The largest absolute Gasteiger partial charge is 0.370 e. The van der Waals surface area contributed by atoms with Gasteiger partial charge in [-0.1, -0.05) is 11.6 Å². The highest BCUT2D eigenvalue weighted by Crippen LogP contribution is 2.19. The minimum absolute atomic E-state index is 0.125. The molecule has 1 aromatic carbocycles. The summed E-state index contributed by atoms with van der Waals surface area (Å²) < 4.78 is 18.6. The van der Waals surface area contributed by atoms with Gasteiger partial charge < -0.3 is 15.0 Å². The summed E-state index contributed by atoms with van der Waals surface area (Å²) in [5.41, 5.74) is 0.125. The molecular weight excluding hydrogens is 259 g/mol. The number of morpholine rings is 1. The van der Waals surface area contributed by atoms with Gasteiger partial charge in [0.1, 0.15) is 18.9 Å². The van der Waals surface area contributed by atoms with E-state index in [1.807, 2.05) is 0 Å². The van der Waals surface area contributed by atoms with Crippen LogP contribution in [0.5, 0.6) is 0 Å². The van der Waals surface area contributed by atoms with E-state index in [1.165, 1.54) is 18.2 Å². The molecule has 2 N–H and O–H groups in total. The Bertz CT molecular complexity index is 436. The number of halogens is 2. The van der Waals surface area contributed by atoms with Crippen molar-refractivity contribution >= 4 is 23.2 Å². The highest BCUT2D eigenvalue weighted by Gasteiger charge is 2.18. The quantitative estimate of drug-likeness (QED) is 0.834. The molecule has 0 atom stereocenters. The summed E-state index contributed by atoms with van der Waals surface area (Å²) in [4.78, 5) is 12.9. The lowest BCUT2D eigenvalue weighted by molar-refractivity contribution is -0.899. The molecule has 1 aromatic rings. The van der Waals surface area contributed by atoms with E-state index in [2.05, 4.69) is 5.32 Å². The van der Waals surface area contributed by atoms with Crippen molar-refractivity contribution in [2.45, 2.75) is 0 Å². The van der Waals surface area contributed by atoms with Gasteiger partial charge in [0.2, 0.25) is 0 Å². The molecule has 98 valence electrons. The number of hydrogen-bond acceptors (Lipinski definition) is 2. The first kappa shape index (κ1) is 13.3. The van der Waals surface area contributed by atoms with Crippen LogP contribution in [-0.4, -0.2) is 38.8 Å². The molecular formula is C12H15ClFN2O2+. The first-order valence-electron chi connectivity index (χ1n) is 5.81. The Morgan fingerprint density at radius 1 is 1.44 bits per heavy atom. The monoisotopic (exact) mass is 273 g/mol. The van der Waals surface area contributed by atoms with Gasteiger partial charge in [0.05, 0.1) is 18.9 Å². The SMILES string of the molecule is O=C(C[NH+]1CCOCC1)Nc1cc(Cl)ccc1F. The lowest BCUT2D eigenvalue weighted by Gasteiger charge is -2.23. The predicted molar refractivity (Wildman–Crippen MR) is 66.4 cm³/mol. The number of anilines is 1. The number of rotatable bonds is 3. The molecule has 1 aliphatic heterocycles. The Kier molecular flexibility index (Phi) is 4.52. The molecule has 4 nitrogen and oxygen atoms in total. The van der Waals surface area contributed by atoms with Crippen molar-refractivity contribution < 1.29 is 18.8 Å². The lowest BCUT2D eigenvalue weighted by Crippen LogP contribution is -3.15. The van der Waals surface area contributed by atoms with Gasteiger partial charge in [-0.25, -0.2) is 4.39 Å². The second-order valence-electron chi connectivity index (χ2n) is 4.21. The maximum Gasteiger partial charge on any atom is 0.279 e. The number of quaternary nitrogens is 1. The van der Waals surface area contributed by atoms with E-state index < -0.39 is 5.82 Å². The van der Waals surface area contributed by atoms with Crippen LogP contribution in [-0.2, 0) is 9.53 Å². The Hall–Kier alpha value is -1.17. The molecule has 18 heavy (non-hydrogen) atoms. The summed E-state index contributed by atoms with van der Waals surface area (Å²) in [6.45, 7) is 3.23. The van der Waals surface area contributed by atoms with Gasteiger partial charge in [-0.05, 0) is 18.2 Å². The maximum atomic E-state index is 13.4. The lowest BCUT2D eigenvalue weighted by atomic mass is 10.3. The second-order valence-corrected chi connectivity index (χ2v) is 4.65. The molecule has 0 unspecified atom stereocenters. The van der Waals surface area contributed by atoms with Crippen LogP contribution in [0.3, 0.4) is 0 Å². The molecule has 0 radical (unpaired) electrons. The van der Waals surface area contributed by atoms with E-state index in [9.17, 15) is 9.18 Å². The van der Waals surface area contributed by atoms with E-state index in [0.717, 1.165) is 18.0 Å². The number of carbonyl (C=O) groups excluding carboxylic acids is 1. The third-order valence-corrected chi connectivity index (χ3v) is 3.05.